The van der Waals surface area contributed by atoms with Crippen LogP contribution in [0, 0.1) is 11.8 Å². The lowest BCUT2D eigenvalue weighted by Gasteiger charge is -2.38. The van der Waals surface area contributed by atoms with Crippen molar-refractivity contribution in [1.29, 1.82) is 0 Å². The molecule has 2 heteroatoms. The van der Waals surface area contributed by atoms with Crippen molar-refractivity contribution in [2.75, 3.05) is 20.1 Å². The highest BCUT2D eigenvalue weighted by molar-refractivity contribution is 4.89. The molecule has 2 fully saturated rings. The van der Waals surface area contributed by atoms with Crippen LogP contribution < -0.4 is 5.32 Å². The zero-order chi connectivity index (χ0) is 13.0. The second-order valence-corrected chi connectivity index (χ2v) is 6.58. The summed E-state index contributed by atoms with van der Waals surface area (Å²) in [6.45, 7) is 7.16. The van der Waals surface area contributed by atoms with E-state index in [9.17, 15) is 0 Å². The first-order chi connectivity index (χ1) is 8.74. The summed E-state index contributed by atoms with van der Waals surface area (Å²) >= 11 is 0. The van der Waals surface area contributed by atoms with E-state index < -0.39 is 0 Å². The predicted molar refractivity (Wildman–Crippen MR) is 78.9 cm³/mol. The first kappa shape index (κ1) is 14.3. The van der Waals surface area contributed by atoms with E-state index >= 15 is 0 Å². The highest BCUT2D eigenvalue weighted by atomic mass is 15.2. The molecular weight excluding hydrogens is 220 g/mol. The van der Waals surface area contributed by atoms with Crippen LogP contribution in [0.15, 0.2) is 0 Å². The maximum Gasteiger partial charge on any atom is 0.0108 e. The number of nitrogens with one attached hydrogen (secondary N) is 1. The maximum atomic E-state index is 3.80. The van der Waals surface area contributed by atoms with E-state index in [-0.39, 0.29) is 0 Å². The van der Waals surface area contributed by atoms with Crippen molar-refractivity contribution >= 4 is 0 Å². The largest absolute Gasteiger partial charge is 0.314 e. The molecule has 0 aromatic rings. The second-order valence-electron chi connectivity index (χ2n) is 6.58. The summed E-state index contributed by atoms with van der Waals surface area (Å²) in [4.78, 5) is 2.63. The van der Waals surface area contributed by atoms with Crippen LogP contribution in [0.3, 0.4) is 0 Å². The van der Waals surface area contributed by atoms with Crippen LogP contribution >= 0.6 is 0 Å². The third kappa shape index (κ3) is 3.96. The smallest absolute Gasteiger partial charge is 0.0108 e. The standard InChI is InChI=1S/C16H32N2/c1-4-10-17-16-9-6-13(5-2)11-14(16)12-18(3)15-7-8-15/h13-17H,4-12H2,1-3H3. The third-order valence-electron chi connectivity index (χ3n) is 5.02. The van der Waals surface area contributed by atoms with E-state index in [1.54, 1.807) is 0 Å². The molecule has 0 radical (unpaired) electrons. The highest BCUT2D eigenvalue weighted by Crippen LogP contribution is 2.34. The molecule has 2 rings (SSSR count). The molecule has 0 heterocycles. The lowest BCUT2D eigenvalue weighted by molar-refractivity contribution is 0.148. The van der Waals surface area contributed by atoms with Crippen LogP contribution in [0.25, 0.3) is 0 Å². The Balaban J connectivity index is 1.85. The Labute approximate surface area is 114 Å². The molecule has 0 aromatic heterocycles. The Kier molecular flexibility index (Phi) is 5.50. The Bertz CT molecular complexity index is 237. The molecule has 0 spiro atoms. The molecular formula is C16H32N2. The summed E-state index contributed by atoms with van der Waals surface area (Å²) in [6.07, 6.45) is 9.82. The molecule has 0 amide bonds. The molecule has 3 unspecified atom stereocenters. The Morgan fingerprint density at radius 3 is 2.50 bits per heavy atom. The summed E-state index contributed by atoms with van der Waals surface area (Å²) in [5.41, 5.74) is 0. The normalized spacial score (nSPS) is 33.0. The first-order valence-electron chi connectivity index (χ1n) is 8.18. The molecule has 3 atom stereocenters. The molecule has 0 aliphatic heterocycles. The maximum absolute atomic E-state index is 3.80. The van der Waals surface area contributed by atoms with Gasteiger partial charge in [-0.15, -0.1) is 0 Å². The molecule has 2 aliphatic carbocycles. The van der Waals surface area contributed by atoms with Crippen molar-refractivity contribution < 1.29 is 0 Å². The van der Waals surface area contributed by atoms with E-state index in [0.29, 0.717) is 0 Å². The molecule has 0 saturated heterocycles. The van der Waals surface area contributed by atoms with Gasteiger partial charge in [-0.3, -0.25) is 0 Å². The minimum Gasteiger partial charge on any atom is -0.314 e. The average molecular weight is 252 g/mol. The fourth-order valence-electron chi connectivity index (χ4n) is 3.57. The van der Waals surface area contributed by atoms with Gasteiger partial charge in [0, 0.05) is 18.6 Å². The number of nitrogens with zero attached hydrogens (tertiary/aromatic N) is 1. The molecule has 2 saturated carbocycles. The Morgan fingerprint density at radius 1 is 1.11 bits per heavy atom. The van der Waals surface area contributed by atoms with Gasteiger partial charge in [-0.25, -0.2) is 0 Å². The fraction of sp³-hybridized carbons (Fsp3) is 1.00. The van der Waals surface area contributed by atoms with Crippen molar-refractivity contribution in [2.45, 2.75) is 70.9 Å². The Morgan fingerprint density at radius 2 is 1.89 bits per heavy atom. The zero-order valence-electron chi connectivity index (χ0n) is 12.6. The average Bonchev–Trinajstić information content (AvgIpc) is 3.21. The van der Waals surface area contributed by atoms with Crippen LogP contribution in [0.4, 0.5) is 0 Å². The minimum absolute atomic E-state index is 0.786. The van der Waals surface area contributed by atoms with Crippen LogP contribution in [0.2, 0.25) is 0 Å². The monoisotopic (exact) mass is 252 g/mol. The van der Waals surface area contributed by atoms with E-state index in [2.05, 4.69) is 31.1 Å². The van der Waals surface area contributed by atoms with Crippen molar-refractivity contribution in [3.8, 4) is 0 Å². The van der Waals surface area contributed by atoms with Gasteiger partial charge in [-0.2, -0.15) is 0 Å². The van der Waals surface area contributed by atoms with Crippen LogP contribution in [0.5, 0.6) is 0 Å². The van der Waals surface area contributed by atoms with Gasteiger partial charge in [-0.05, 0) is 64.0 Å². The highest BCUT2D eigenvalue weighted by Gasteiger charge is 2.33. The van der Waals surface area contributed by atoms with Crippen LogP contribution in [0.1, 0.15) is 58.8 Å². The molecule has 0 aromatic carbocycles. The molecule has 106 valence electrons. The van der Waals surface area contributed by atoms with Crippen LogP contribution in [-0.2, 0) is 0 Å². The Hall–Kier alpha value is -0.0800. The van der Waals surface area contributed by atoms with Gasteiger partial charge >= 0.3 is 0 Å². The van der Waals surface area contributed by atoms with Crippen molar-refractivity contribution in [3.05, 3.63) is 0 Å². The van der Waals surface area contributed by atoms with Crippen LogP contribution in [-0.4, -0.2) is 37.1 Å². The van der Waals surface area contributed by atoms with Gasteiger partial charge in [-0.1, -0.05) is 20.3 Å². The SMILES string of the molecule is CCCNC1CCC(CC)CC1CN(C)C1CC1. The molecule has 2 nitrogen and oxygen atoms in total. The van der Waals surface area contributed by atoms with Crippen molar-refractivity contribution in [1.82, 2.24) is 10.2 Å². The van der Waals surface area contributed by atoms with E-state index in [1.807, 2.05) is 0 Å². The molecule has 1 N–H and O–H groups in total. The summed E-state index contributed by atoms with van der Waals surface area (Å²) < 4.78 is 0. The summed E-state index contributed by atoms with van der Waals surface area (Å²) in [6, 6.07) is 1.70. The van der Waals surface area contributed by atoms with Crippen molar-refractivity contribution in [3.63, 3.8) is 0 Å². The van der Waals surface area contributed by atoms with Gasteiger partial charge in [0.15, 0.2) is 0 Å². The topological polar surface area (TPSA) is 15.3 Å². The lowest BCUT2D eigenvalue weighted by Crippen LogP contribution is -2.45. The minimum atomic E-state index is 0.786. The number of hydrogen-bond acceptors (Lipinski definition) is 2. The fourth-order valence-corrected chi connectivity index (χ4v) is 3.57. The second kappa shape index (κ2) is 6.91. The van der Waals surface area contributed by atoms with Gasteiger partial charge in [0.25, 0.3) is 0 Å². The van der Waals surface area contributed by atoms with Gasteiger partial charge < -0.3 is 10.2 Å². The molecule has 18 heavy (non-hydrogen) atoms. The quantitative estimate of drug-likeness (QED) is 0.748. The number of hydrogen-bond donors (Lipinski definition) is 1. The van der Waals surface area contributed by atoms with Gasteiger partial charge in [0.05, 0.1) is 0 Å². The summed E-state index contributed by atoms with van der Waals surface area (Å²) in [5, 5.41) is 3.80. The van der Waals surface area contributed by atoms with Gasteiger partial charge in [0.1, 0.15) is 0 Å². The summed E-state index contributed by atoms with van der Waals surface area (Å²) in [5.74, 6) is 1.88. The van der Waals surface area contributed by atoms with Gasteiger partial charge in [0.2, 0.25) is 0 Å². The molecule has 0 bridgehead atoms. The summed E-state index contributed by atoms with van der Waals surface area (Å²) in [7, 11) is 2.34. The van der Waals surface area contributed by atoms with E-state index in [0.717, 1.165) is 23.9 Å². The first-order valence-corrected chi connectivity index (χ1v) is 8.18. The molecule has 2 aliphatic rings. The third-order valence-corrected chi connectivity index (χ3v) is 5.02. The predicted octanol–water partition coefficient (Wildman–Crippen LogP) is 3.28. The van der Waals surface area contributed by atoms with E-state index in [4.69, 9.17) is 0 Å². The zero-order valence-corrected chi connectivity index (χ0v) is 12.6. The van der Waals surface area contributed by atoms with Crippen molar-refractivity contribution in [2.24, 2.45) is 11.8 Å². The number of rotatable bonds is 7. The lowest BCUT2D eigenvalue weighted by atomic mass is 9.76. The van der Waals surface area contributed by atoms with E-state index in [1.165, 1.54) is 58.0 Å².